The summed E-state index contributed by atoms with van der Waals surface area (Å²) in [5, 5.41) is 31.6. The number of ether oxygens (including phenoxy) is 3. The van der Waals surface area contributed by atoms with Gasteiger partial charge in [0.15, 0.2) is 5.65 Å². The summed E-state index contributed by atoms with van der Waals surface area (Å²) in [4.78, 5) is 92.8. The van der Waals surface area contributed by atoms with Crippen molar-refractivity contribution in [1.29, 1.82) is 0 Å². The van der Waals surface area contributed by atoms with Crippen molar-refractivity contribution in [2.45, 2.75) is 172 Å². The minimum Gasteiger partial charge on any atom is -0.391 e. The van der Waals surface area contributed by atoms with Gasteiger partial charge in [-0.3, -0.25) is 28.2 Å². The first-order chi connectivity index (χ1) is 33.6. The van der Waals surface area contributed by atoms with Gasteiger partial charge in [-0.05, 0) is 6.42 Å². The molecule has 28 nitrogen and oxygen atoms in total. The molecule has 32 heteroatoms. The Morgan fingerprint density at radius 3 is 1.77 bits per heavy atom. The second-order valence-electron chi connectivity index (χ2n) is 17.1. The molecule has 11 atom stereocenters. The number of carbonyl (C=O) groups excluding carboxylic acids is 1. The van der Waals surface area contributed by atoms with Gasteiger partial charge in [0.05, 0.1) is 25.5 Å². The zero-order valence-corrected chi connectivity index (χ0v) is 42.5. The second kappa shape index (κ2) is 27.6. The predicted molar refractivity (Wildman–Crippen MR) is 246 cm³/mol. The molecule has 0 spiro atoms. The first kappa shape index (κ1) is 58.9. The number of nitrogens with zero attached hydrogens (tertiary/aromatic N) is 4. The Balaban J connectivity index is 0.988. The van der Waals surface area contributed by atoms with Gasteiger partial charge in [0.1, 0.15) is 48.1 Å². The van der Waals surface area contributed by atoms with Crippen LogP contribution in [-0.2, 0) is 54.5 Å². The molecular weight excluding hydrogens is 1030 g/mol. The normalized spacial score (nSPS) is 24.9. The molecule has 5 heterocycles. The van der Waals surface area contributed by atoms with Crippen LogP contribution >= 0.6 is 31.3 Å². The maximum absolute atomic E-state index is 12.6. The van der Waals surface area contributed by atoms with E-state index in [-0.39, 0.29) is 35.8 Å². The zero-order chi connectivity index (χ0) is 51.8. The summed E-state index contributed by atoms with van der Waals surface area (Å²) in [6.07, 6.45) is 11.9. The van der Waals surface area contributed by atoms with Crippen LogP contribution in [0.2, 0.25) is 0 Å². The van der Waals surface area contributed by atoms with E-state index in [4.69, 9.17) is 14.2 Å². The quantitative estimate of drug-likeness (QED) is 0.0216. The van der Waals surface area contributed by atoms with Crippen molar-refractivity contribution < 1.29 is 94.1 Å². The Morgan fingerprint density at radius 1 is 0.704 bits per heavy atom. The molecule has 2 aliphatic heterocycles. The third-order valence-electron chi connectivity index (χ3n) is 11.3. The Kier molecular flexibility index (Phi) is 22.9. The molecule has 4 unspecified atom stereocenters. The Morgan fingerprint density at radius 2 is 1.23 bits per heavy atom. The molecule has 3 aromatic heterocycles. The smallest absolute Gasteiger partial charge is 0.391 e. The largest absolute Gasteiger partial charge is 0.490 e. The minimum absolute atomic E-state index is 0.0140. The summed E-state index contributed by atoms with van der Waals surface area (Å²) in [6, 6.07) is 0.698. The molecule has 402 valence electrons. The fourth-order valence-electron chi connectivity index (χ4n) is 7.75. The number of esters is 1. The van der Waals surface area contributed by atoms with Gasteiger partial charge in [-0.15, -0.1) is 0 Å². The molecule has 5 rings (SSSR count). The molecule has 2 aliphatic rings. The summed E-state index contributed by atoms with van der Waals surface area (Å²) >= 11 is 0. The molecule has 0 aromatic carbocycles. The number of H-pyrrole nitrogens is 2. The number of hydrogen-bond acceptors (Lipinski definition) is 21. The van der Waals surface area contributed by atoms with Crippen LogP contribution in [0.1, 0.15) is 147 Å². The maximum atomic E-state index is 12.6. The van der Waals surface area contributed by atoms with Gasteiger partial charge in [-0.1, -0.05) is 110 Å². The summed E-state index contributed by atoms with van der Waals surface area (Å²) in [7, 11) is -24.0. The Labute approximate surface area is 407 Å². The number of phosphoric acid groups is 4. The SMILES string of the molecule is CCCCCCCCCCCCCCCCCCCC(=O)Oc1ncc2[nH]c([C@H]3O[C@H](COP(=O)(O)OP(=O)(O)OP(=O)(O)OP(=O)(O)OC[C@H]4O[C@H](n5ccc(=O)[nH]c5=O)C[C@@H]4O)[C@@H](O)[C@H]3O)nc2n1. The van der Waals surface area contributed by atoms with Gasteiger partial charge in [0.25, 0.3) is 5.56 Å². The van der Waals surface area contributed by atoms with Gasteiger partial charge < -0.3 is 54.1 Å². The van der Waals surface area contributed by atoms with E-state index >= 15 is 0 Å². The number of carbonyl (C=O) groups is 1. The number of rotatable bonds is 33. The van der Waals surface area contributed by atoms with Crippen molar-refractivity contribution in [3.05, 3.63) is 45.1 Å². The van der Waals surface area contributed by atoms with Crippen molar-refractivity contribution >= 4 is 48.4 Å². The highest BCUT2D eigenvalue weighted by atomic mass is 31.3. The van der Waals surface area contributed by atoms with E-state index in [1.807, 2.05) is 4.98 Å². The number of aromatic nitrogens is 6. The number of fused-ring (bicyclic) bond motifs is 1. The molecule has 0 saturated carbocycles. The fourth-order valence-corrected chi connectivity index (χ4v) is 12.7. The van der Waals surface area contributed by atoms with Crippen LogP contribution in [0.25, 0.3) is 11.2 Å². The third-order valence-corrected chi connectivity index (χ3v) is 17.2. The molecule has 0 amide bonds. The fraction of sp³-hybridized carbons (Fsp3) is 0.744. The van der Waals surface area contributed by atoms with E-state index in [0.29, 0.717) is 6.42 Å². The Bertz CT molecular complexity index is 2490. The van der Waals surface area contributed by atoms with Gasteiger partial charge in [-0.25, -0.2) is 33.0 Å². The summed E-state index contributed by atoms with van der Waals surface area (Å²) in [5.41, 5.74) is -1.44. The first-order valence-corrected chi connectivity index (χ1v) is 29.4. The first-order valence-electron chi connectivity index (χ1n) is 23.4. The average molecular weight is 1090 g/mol. The van der Waals surface area contributed by atoms with Crippen molar-refractivity contribution in [1.82, 2.24) is 29.5 Å². The number of aromatic amines is 2. The molecule has 9 N–H and O–H groups in total. The van der Waals surface area contributed by atoms with Crippen LogP contribution in [0.3, 0.4) is 0 Å². The lowest BCUT2D eigenvalue weighted by Crippen LogP contribution is -2.33. The lowest BCUT2D eigenvalue weighted by Gasteiger charge is -2.21. The van der Waals surface area contributed by atoms with Gasteiger partial charge >= 0.3 is 49.0 Å². The van der Waals surface area contributed by atoms with Crippen LogP contribution in [0, 0.1) is 0 Å². The van der Waals surface area contributed by atoms with Crippen molar-refractivity contribution in [3.63, 3.8) is 0 Å². The van der Waals surface area contributed by atoms with E-state index < -0.39 is 105 Å². The standard InChI is InChI=1S/C39H64N6O22P4/c1-2-3-4-5-6-7-8-9-10-11-12-13-14-15-16-17-18-19-32(48)64-38-40-23-26-36(44-38)43-37(41-26)35-34(50)33(49)29(63-35)25-61-69(54,55)66-71(58,59)67-70(56,57)65-68(52,53)60-24-28-27(46)22-31(62-28)45-21-20-30(47)42-39(45)51/h20-21,23,27-29,31,33-35,46,49-50H,2-19,22,24-25H2,1H3,(H,52,53)(H,54,55)(H,56,57)(H,58,59)(H,42,47,51)(H,40,41,43,44)/t27-,28+,29+,31-,33+,34+,35-/m0/s1. The minimum atomic E-state index is -6.22. The predicted octanol–water partition coefficient (Wildman–Crippen LogP) is 5.14. The topological polar surface area (TPSA) is 410 Å². The van der Waals surface area contributed by atoms with Gasteiger partial charge in [-0.2, -0.15) is 17.9 Å². The van der Waals surface area contributed by atoms with Crippen molar-refractivity contribution in [2.24, 2.45) is 0 Å². The van der Waals surface area contributed by atoms with Gasteiger partial charge in [0.2, 0.25) is 0 Å². The molecular formula is C39H64N6O22P4. The van der Waals surface area contributed by atoms with Crippen molar-refractivity contribution in [3.8, 4) is 6.01 Å². The van der Waals surface area contributed by atoms with Crippen LogP contribution in [0.4, 0.5) is 0 Å². The lowest BCUT2D eigenvalue weighted by atomic mass is 10.0. The summed E-state index contributed by atoms with van der Waals surface area (Å²) in [6.45, 7) is 0.0603. The maximum Gasteiger partial charge on any atom is 0.490 e. The number of hydrogen-bond donors (Lipinski definition) is 9. The summed E-state index contributed by atoms with van der Waals surface area (Å²) < 4.78 is 87.7. The zero-order valence-electron chi connectivity index (χ0n) is 39.0. The highest BCUT2D eigenvalue weighted by Gasteiger charge is 2.49. The van der Waals surface area contributed by atoms with Crippen LogP contribution in [-0.4, -0.2) is 114 Å². The highest BCUT2D eigenvalue weighted by Crippen LogP contribution is 2.71. The lowest BCUT2D eigenvalue weighted by molar-refractivity contribution is -0.135. The molecule has 0 aliphatic carbocycles. The number of aliphatic hydroxyl groups excluding tert-OH is 3. The molecule has 2 fully saturated rings. The van der Waals surface area contributed by atoms with E-state index in [1.165, 1.54) is 89.7 Å². The van der Waals surface area contributed by atoms with Gasteiger partial charge in [0, 0.05) is 25.1 Å². The van der Waals surface area contributed by atoms with Crippen LogP contribution in [0.5, 0.6) is 6.01 Å². The van der Waals surface area contributed by atoms with E-state index in [1.54, 1.807) is 0 Å². The second-order valence-corrected chi connectivity index (χ2v) is 23.4. The summed E-state index contributed by atoms with van der Waals surface area (Å²) in [5.74, 6) is -0.652. The van der Waals surface area contributed by atoms with Crippen molar-refractivity contribution in [2.75, 3.05) is 13.2 Å². The van der Waals surface area contributed by atoms with Crippen LogP contribution in [0.15, 0.2) is 28.0 Å². The number of phosphoric ester groups is 2. The van der Waals surface area contributed by atoms with E-state index in [2.05, 4.69) is 48.8 Å². The average Bonchev–Trinajstić information content (AvgIpc) is 3.95. The molecule has 0 radical (unpaired) electrons. The third kappa shape index (κ3) is 19.7. The highest BCUT2D eigenvalue weighted by molar-refractivity contribution is 7.69. The van der Waals surface area contributed by atoms with E-state index in [9.17, 15) is 67.5 Å². The monoisotopic (exact) mass is 1090 g/mol. The number of nitrogens with one attached hydrogen (secondary N) is 2. The molecule has 0 bridgehead atoms. The number of aliphatic hydroxyl groups is 3. The molecule has 71 heavy (non-hydrogen) atoms. The van der Waals surface area contributed by atoms with E-state index in [0.717, 1.165) is 36.1 Å². The number of unbranched alkanes of at least 4 members (excludes halogenated alkanes) is 16. The Hall–Kier alpha value is -2.94. The van der Waals surface area contributed by atoms with Crippen LogP contribution < -0.4 is 16.0 Å². The molecule has 3 aromatic rings. The molecule has 2 saturated heterocycles. The number of imidazole rings is 1.